The summed E-state index contributed by atoms with van der Waals surface area (Å²) in [5.74, 6) is -0.0810. The second kappa shape index (κ2) is 6.58. The fourth-order valence-electron chi connectivity index (χ4n) is 1.16. The number of nitrogens with zero attached hydrogens (tertiary/aromatic N) is 2. The second-order valence-electron chi connectivity index (χ2n) is 4.25. The van der Waals surface area contributed by atoms with Gasteiger partial charge in [0, 0.05) is 19.5 Å². The Labute approximate surface area is 105 Å². The molecule has 18 heavy (non-hydrogen) atoms. The van der Waals surface area contributed by atoms with E-state index in [1.165, 1.54) is 0 Å². The number of carbonyl (C=O) groups is 2. The van der Waals surface area contributed by atoms with Crippen molar-refractivity contribution in [3.05, 3.63) is 5.82 Å². The lowest BCUT2D eigenvalue weighted by Crippen LogP contribution is -2.32. The Hall–Kier alpha value is -2.12. The number of anilines is 1. The van der Waals surface area contributed by atoms with Crippen molar-refractivity contribution >= 4 is 17.8 Å². The largest absolute Gasteiger partial charge is 0.366 e. The quantitative estimate of drug-likeness (QED) is 0.533. The van der Waals surface area contributed by atoms with Gasteiger partial charge in [0.05, 0.1) is 0 Å². The molecule has 8 nitrogen and oxygen atoms in total. The summed E-state index contributed by atoms with van der Waals surface area (Å²) in [5, 5.41) is 11.2. The minimum absolute atomic E-state index is 0.00910. The number of aromatic nitrogens is 3. The molecule has 1 aromatic rings. The molecule has 0 aromatic carbocycles. The molecule has 2 amide bonds. The van der Waals surface area contributed by atoms with Gasteiger partial charge in [-0.15, -0.1) is 5.10 Å². The number of hydrogen-bond acceptors (Lipinski definition) is 5. The molecule has 0 aliphatic rings. The fourth-order valence-corrected chi connectivity index (χ4v) is 1.16. The maximum absolute atomic E-state index is 11.5. The smallest absolute Gasteiger partial charge is 0.288 e. The first-order valence-corrected chi connectivity index (χ1v) is 5.71. The molecule has 0 saturated heterocycles. The van der Waals surface area contributed by atoms with Crippen LogP contribution in [0, 0.1) is 5.92 Å². The molecule has 0 bridgehead atoms. The van der Waals surface area contributed by atoms with E-state index in [4.69, 9.17) is 5.73 Å². The summed E-state index contributed by atoms with van der Waals surface area (Å²) >= 11 is 0. The van der Waals surface area contributed by atoms with Gasteiger partial charge in [0.25, 0.3) is 5.91 Å². The van der Waals surface area contributed by atoms with Crippen molar-refractivity contribution in [2.24, 2.45) is 5.92 Å². The van der Waals surface area contributed by atoms with Crippen molar-refractivity contribution in [1.29, 1.82) is 0 Å². The molecule has 1 heterocycles. The van der Waals surface area contributed by atoms with E-state index in [1.54, 1.807) is 0 Å². The van der Waals surface area contributed by atoms with Crippen molar-refractivity contribution in [2.75, 3.05) is 18.8 Å². The second-order valence-corrected chi connectivity index (χ2v) is 4.25. The van der Waals surface area contributed by atoms with Gasteiger partial charge in [-0.25, -0.2) is 0 Å². The zero-order valence-corrected chi connectivity index (χ0v) is 10.5. The molecule has 5 N–H and O–H groups in total. The van der Waals surface area contributed by atoms with Crippen LogP contribution < -0.4 is 16.4 Å². The fraction of sp³-hybridized carbons (Fsp3) is 0.600. The minimum Gasteiger partial charge on any atom is -0.366 e. The molecular formula is C10H18N6O2. The third kappa shape index (κ3) is 4.81. The Kier molecular flexibility index (Phi) is 5.09. The summed E-state index contributed by atoms with van der Waals surface area (Å²) < 4.78 is 0. The summed E-state index contributed by atoms with van der Waals surface area (Å²) in [6.45, 7) is 4.89. The highest BCUT2D eigenvalue weighted by Gasteiger charge is 2.10. The molecular weight excluding hydrogens is 236 g/mol. The van der Waals surface area contributed by atoms with Crippen molar-refractivity contribution in [2.45, 2.75) is 20.3 Å². The Balaban J connectivity index is 2.21. The Morgan fingerprint density at radius 1 is 1.39 bits per heavy atom. The number of aromatic amines is 1. The van der Waals surface area contributed by atoms with E-state index in [2.05, 4.69) is 25.8 Å². The predicted octanol–water partition coefficient (Wildman–Crippen LogP) is -0.721. The van der Waals surface area contributed by atoms with Gasteiger partial charge in [-0.1, -0.05) is 13.8 Å². The monoisotopic (exact) mass is 254 g/mol. The van der Waals surface area contributed by atoms with Crippen LogP contribution in [0.15, 0.2) is 0 Å². The van der Waals surface area contributed by atoms with Crippen molar-refractivity contribution in [3.8, 4) is 0 Å². The summed E-state index contributed by atoms with van der Waals surface area (Å²) in [6, 6.07) is 0. The summed E-state index contributed by atoms with van der Waals surface area (Å²) in [7, 11) is 0. The third-order valence-corrected chi connectivity index (χ3v) is 2.06. The molecule has 0 fully saturated rings. The molecule has 1 rings (SSSR count). The van der Waals surface area contributed by atoms with Gasteiger partial charge in [0.15, 0.2) is 0 Å². The SMILES string of the molecule is CC(C)CNC(=O)CCNC(=O)c1nc(N)n[nH]1. The number of hydrogen-bond donors (Lipinski definition) is 4. The van der Waals surface area contributed by atoms with E-state index in [0.717, 1.165) is 0 Å². The van der Waals surface area contributed by atoms with E-state index >= 15 is 0 Å². The molecule has 8 heteroatoms. The van der Waals surface area contributed by atoms with Crippen molar-refractivity contribution in [3.63, 3.8) is 0 Å². The van der Waals surface area contributed by atoms with Gasteiger partial charge in [-0.3, -0.25) is 14.7 Å². The number of amides is 2. The molecule has 100 valence electrons. The lowest BCUT2D eigenvalue weighted by atomic mass is 10.2. The van der Waals surface area contributed by atoms with Crippen LogP contribution in [0.2, 0.25) is 0 Å². The zero-order valence-electron chi connectivity index (χ0n) is 10.5. The zero-order chi connectivity index (χ0) is 13.5. The highest BCUT2D eigenvalue weighted by Crippen LogP contribution is 1.92. The predicted molar refractivity (Wildman–Crippen MR) is 65.6 cm³/mol. The van der Waals surface area contributed by atoms with Gasteiger partial charge >= 0.3 is 0 Å². The lowest BCUT2D eigenvalue weighted by Gasteiger charge is -2.07. The number of nitrogens with two attached hydrogens (primary N) is 1. The third-order valence-electron chi connectivity index (χ3n) is 2.06. The van der Waals surface area contributed by atoms with E-state index in [-0.39, 0.29) is 30.6 Å². The number of nitrogens with one attached hydrogen (secondary N) is 3. The van der Waals surface area contributed by atoms with Crippen LogP contribution in [0.25, 0.3) is 0 Å². The van der Waals surface area contributed by atoms with E-state index in [0.29, 0.717) is 12.5 Å². The first-order valence-electron chi connectivity index (χ1n) is 5.71. The van der Waals surface area contributed by atoms with Gasteiger partial charge < -0.3 is 16.4 Å². The standard InChI is InChI=1S/C10H18N6O2/c1-6(2)5-13-7(17)3-4-12-9(18)8-14-10(11)16-15-8/h6H,3-5H2,1-2H3,(H,12,18)(H,13,17)(H3,11,14,15,16). The molecule has 0 spiro atoms. The van der Waals surface area contributed by atoms with Gasteiger partial charge in [0.2, 0.25) is 17.7 Å². The van der Waals surface area contributed by atoms with Crippen LogP contribution in [-0.4, -0.2) is 40.1 Å². The average molecular weight is 254 g/mol. The molecule has 0 aliphatic heterocycles. The average Bonchev–Trinajstić information content (AvgIpc) is 2.73. The van der Waals surface area contributed by atoms with Gasteiger partial charge in [-0.2, -0.15) is 4.98 Å². The van der Waals surface area contributed by atoms with Crippen molar-refractivity contribution in [1.82, 2.24) is 25.8 Å². The summed E-state index contributed by atoms with van der Waals surface area (Å²) in [4.78, 5) is 26.5. The van der Waals surface area contributed by atoms with Crippen LogP contribution >= 0.6 is 0 Å². The topological polar surface area (TPSA) is 126 Å². The lowest BCUT2D eigenvalue weighted by molar-refractivity contribution is -0.121. The van der Waals surface area contributed by atoms with Gasteiger partial charge in [0.1, 0.15) is 0 Å². The molecule has 0 atom stereocenters. The van der Waals surface area contributed by atoms with Gasteiger partial charge in [-0.05, 0) is 5.92 Å². The molecule has 0 radical (unpaired) electrons. The van der Waals surface area contributed by atoms with E-state index < -0.39 is 5.91 Å². The minimum atomic E-state index is -0.434. The summed E-state index contributed by atoms with van der Waals surface area (Å²) in [6.07, 6.45) is 0.224. The van der Waals surface area contributed by atoms with Crippen LogP contribution in [-0.2, 0) is 4.79 Å². The van der Waals surface area contributed by atoms with Crippen LogP contribution in [0.1, 0.15) is 30.9 Å². The van der Waals surface area contributed by atoms with Crippen LogP contribution in [0.3, 0.4) is 0 Å². The Morgan fingerprint density at radius 3 is 2.67 bits per heavy atom. The first-order chi connectivity index (χ1) is 8.49. The molecule has 0 unspecified atom stereocenters. The highest BCUT2D eigenvalue weighted by molar-refractivity contribution is 5.90. The first kappa shape index (κ1) is 13.9. The maximum Gasteiger partial charge on any atom is 0.288 e. The molecule has 0 saturated carbocycles. The van der Waals surface area contributed by atoms with E-state index in [1.807, 2.05) is 13.8 Å². The maximum atomic E-state index is 11.5. The van der Waals surface area contributed by atoms with E-state index in [9.17, 15) is 9.59 Å². The number of H-pyrrole nitrogens is 1. The number of rotatable bonds is 6. The van der Waals surface area contributed by atoms with Crippen LogP contribution in [0.5, 0.6) is 0 Å². The Morgan fingerprint density at radius 2 is 2.11 bits per heavy atom. The molecule has 0 aliphatic carbocycles. The highest BCUT2D eigenvalue weighted by atomic mass is 16.2. The molecule has 1 aromatic heterocycles. The Bertz CT molecular complexity index is 414. The summed E-state index contributed by atoms with van der Waals surface area (Å²) in [5.41, 5.74) is 5.26. The van der Waals surface area contributed by atoms with Crippen LogP contribution in [0.4, 0.5) is 5.95 Å². The number of nitrogen functional groups attached to an aromatic ring is 1. The normalized spacial score (nSPS) is 10.4. The van der Waals surface area contributed by atoms with Crippen molar-refractivity contribution < 1.29 is 9.59 Å². The number of carbonyl (C=O) groups excluding carboxylic acids is 2.